The Bertz CT molecular complexity index is 681. The lowest BCUT2D eigenvalue weighted by atomic mass is 10.0. The number of nitrogens with one attached hydrogen (secondary N) is 3. The molecule has 0 aromatic carbocycles. The summed E-state index contributed by atoms with van der Waals surface area (Å²) < 4.78 is 4.87. The van der Waals surface area contributed by atoms with Crippen LogP contribution in [0.25, 0.3) is 0 Å². The van der Waals surface area contributed by atoms with E-state index in [2.05, 4.69) is 20.9 Å². The summed E-state index contributed by atoms with van der Waals surface area (Å²) in [6, 6.07) is 0.368. The van der Waals surface area contributed by atoms with Crippen LogP contribution >= 0.6 is 23.1 Å². The van der Waals surface area contributed by atoms with Crippen LogP contribution in [0.15, 0.2) is 5.38 Å². The first-order valence-corrected chi connectivity index (χ1v) is 10.6. The van der Waals surface area contributed by atoms with Crippen molar-refractivity contribution in [2.45, 2.75) is 49.9 Å². The third-order valence-corrected chi connectivity index (χ3v) is 6.58. The molecule has 2 aliphatic rings. The van der Waals surface area contributed by atoms with E-state index in [4.69, 9.17) is 4.74 Å². The lowest BCUT2D eigenvalue weighted by Crippen LogP contribution is -2.36. The van der Waals surface area contributed by atoms with E-state index in [1.54, 1.807) is 12.3 Å². The summed E-state index contributed by atoms with van der Waals surface area (Å²) in [5.74, 6) is 0.356. The molecule has 3 rings (SSSR count). The van der Waals surface area contributed by atoms with Crippen molar-refractivity contribution in [1.82, 2.24) is 15.6 Å². The van der Waals surface area contributed by atoms with E-state index in [9.17, 15) is 14.4 Å². The van der Waals surface area contributed by atoms with Gasteiger partial charge in [0.05, 0.1) is 18.7 Å². The Labute approximate surface area is 159 Å². The second-order valence-corrected chi connectivity index (χ2v) is 8.30. The first kappa shape index (κ1) is 19.0. The van der Waals surface area contributed by atoms with Crippen LogP contribution in [-0.4, -0.2) is 52.6 Å². The van der Waals surface area contributed by atoms with Crippen LogP contribution < -0.4 is 16.0 Å². The molecule has 3 unspecified atom stereocenters. The number of carbonyl (C=O) groups is 3. The van der Waals surface area contributed by atoms with Crippen LogP contribution in [0.1, 0.15) is 43.1 Å². The first-order valence-electron chi connectivity index (χ1n) is 8.68. The summed E-state index contributed by atoms with van der Waals surface area (Å²) in [5, 5.41) is 11.0. The van der Waals surface area contributed by atoms with Crippen molar-refractivity contribution >= 4 is 46.1 Å². The van der Waals surface area contributed by atoms with Crippen LogP contribution in [0.3, 0.4) is 0 Å². The quantitative estimate of drug-likeness (QED) is 0.351. The number of esters is 1. The number of thiazole rings is 1. The maximum Gasteiger partial charge on any atom is 0.357 e. The van der Waals surface area contributed by atoms with Gasteiger partial charge >= 0.3 is 12.0 Å². The van der Waals surface area contributed by atoms with Gasteiger partial charge < -0.3 is 20.7 Å². The summed E-state index contributed by atoms with van der Waals surface area (Å²) in [4.78, 5) is 39.0. The van der Waals surface area contributed by atoms with Crippen molar-refractivity contribution in [2.24, 2.45) is 0 Å². The molecular formula is C16H22N4O4S2. The molecule has 0 radical (unpaired) electrons. The molecule has 8 nitrogen and oxygen atoms in total. The molecule has 1 aromatic heterocycles. The van der Waals surface area contributed by atoms with Gasteiger partial charge in [-0.1, -0.05) is 6.42 Å². The Hall–Kier alpha value is -1.81. The molecule has 0 aliphatic carbocycles. The maximum atomic E-state index is 12.0. The number of thioether (sulfide) groups is 1. The number of rotatable bonds is 8. The molecule has 2 fully saturated rings. The number of fused-ring (bicyclic) bond motifs is 1. The van der Waals surface area contributed by atoms with E-state index >= 15 is 0 Å². The number of urea groups is 1. The highest BCUT2D eigenvalue weighted by atomic mass is 32.2. The summed E-state index contributed by atoms with van der Waals surface area (Å²) >= 11 is 3.09. The number of nitrogens with zero attached hydrogens (tertiary/aromatic N) is 1. The second-order valence-electron chi connectivity index (χ2n) is 6.17. The molecule has 2 saturated heterocycles. The monoisotopic (exact) mass is 398 g/mol. The van der Waals surface area contributed by atoms with Crippen LogP contribution in [0.4, 0.5) is 9.93 Å². The molecule has 3 heterocycles. The number of anilines is 1. The molecule has 3 N–H and O–H groups in total. The van der Waals surface area contributed by atoms with Gasteiger partial charge in [0.15, 0.2) is 10.8 Å². The molecule has 26 heavy (non-hydrogen) atoms. The average Bonchev–Trinajstić information content (AvgIpc) is 3.28. The van der Waals surface area contributed by atoms with Crippen molar-refractivity contribution in [2.75, 3.05) is 17.7 Å². The number of carbonyl (C=O) groups excluding carboxylic acids is 3. The zero-order valence-corrected chi connectivity index (χ0v) is 16.1. The number of ether oxygens (including phenoxy) is 1. The fourth-order valence-electron chi connectivity index (χ4n) is 3.09. The molecule has 0 spiro atoms. The molecule has 3 atom stereocenters. The molecule has 3 amide bonds. The van der Waals surface area contributed by atoms with Crippen molar-refractivity contribution < 1.29 is 19.1 Å². The topological polar surface area (TPSA) is 109 Å². The second kappa shape index (κ2) is 8.72. The average molecular weight is 399 g/mol. The third kappa shape index (κ3) is 4.67. The molecule has 0 bridgehead atoms. The first-order chi connectivity index (χ1) is 12.6. The van der Waals surface area contributed by atoms with Gasteiger partial charge in [0, 0.05) is 22.8 Å². The number of unbranched alkanes of at least 4 members (excludes halogenated alkanes) is 1. The highest BCUT2D eigenvalue weighted by Gasteiger charge is 2.42. The zero-order valence-electron chi connectivity index (χ0n) is 14.4. The summed E-state index contributed by atoms with van der Waals surface area (Å²) in [7, 11) is 0. The standard InChI is InChI=1S/C16H22N4O4S2/c1-2-24-14(22)10-8-26-16(18-10)19-12(21)6-4-3-5-11-13-9(7-25-11)17-15(23)20-13/h8-9,11,13H,2-7H2,1H3,(H2,17,20,23)(H,18,19,21). The zero-order chi connectivity index (χ0) is 18.5. The fraction of sp³-hybridized carbons (Fsp3) is 0.625. The van der Waals surface area contributed by atoms with Crippen molar-refractivity contribution in [1.29, 1.82) is 0 Å². The summed E-state index contributed by atoms with van der Waals surface area (Å²) in [6.45, 7) is 2.02. The predicted octanol–water partition coefficient (Wildman–Crippen LogP) is 1.98. The van der Waals surface area contributed by atoms with Crippen LogP contribution in [0, 0.1) is 0 Å². The van der Waals surface area contributed by atoms with Gasteiger partial charge in [-0.25, -0.2) is 14.6 Å². The van der Waals surface area contributed by atoms with E-state index in [1.165, 1.54) is 11.3 Å². The van der Waals surface area contributed by atoms with Gasteiger partial charge in [-0.05, 0) is 19.8 Å². The lowest BCUT2D eigenvalue weighted by Gasteiger charge is -2.16. The Morgan fingerprint density at radius 1 is 1.38 bits per heavy atom. The predicted molar refractivity (Wildman–Crippen MR) is 101 cm³/mol. The van der Waals surface area contributed by atoms with Crippen molar-refractivity contribution in [3.8, 4) is 0 Å². The van der Waals surface area contributed by atoms with E-state index in [1.807, 2.05) is 11.8 Å². The minimum absolute atomic E-state index is 0.0738. The Morgan fingerprint density at radius 2 is 2.23 bits per heavy atom. The molecule has 10 heteroatoms. The highest BCUT2D eigenvalue weighted by molar-refractivity contribution is 8.00. The van der Waals surface area contributed by atoms with E-state index < -0.39 is 5.97 Å². The number of hydrogen-bond acceptors (Lipinski definition) is 7. The number of amides is 3. The third-order valence-electron chi connectivity index (χ3n) is 4.32. The summed E-state index contributed by atoms with van der Waals surface area (Å²) in [6.07, 6.45) is 3.09. The minimum Gasteiger partial charge on any atom is -0.461 e. The summed E-state index contributed by atoms with van der Waals surface area (Å²) in [5.41, 5.74) is 0.215. The normalized spacial score (nSPS) is 23.9. The van der Waals surface area contributed by atoms with Crippen molar-refractivity contribution in [3.05, 3.63) is 11.1 Å². The van der Waals surface area contributed by atoms with Crippen molar-refractivity contribution in [3.63, 3.8) is 0 Å². The van der Waals surface area contributed by atoms with Gasteiger partial charge in [0.1, 0.15) is 0 Å². The smallest absolute Gasteiger partial charge is 0.357 e. The van der Waals surface area contributed by atoms with Gasteiger partial charge in [-0.15, -0.1) is 11.3 Å². The number of hydrogen-bond donors (Lipinski definition) is 3. The van der Waals surface area contributed by atoms with Gasteiger partial charge in [-0.2, -0.15) is 11.8 Å². The molecule has 2 aliphatic heterocycles. The maximum absolute atomic E-state index is 12.0. The lowest BCUT2D eigenvalue weighted by molar-refractivity contribution is -0.116. The van der Waals surface area contributed by atoms with Gasteiger partial charge in [0.2, 0.25) is 5.91 Å². The van der Waals surface area contributed by atoms with E-state index in [0.29, 0.717) is 23.4 Å². The van der Waals surface area contributed by atoms with Gasteiger partial charge in [-0.3, -0.25) is 4.79 Å². The van der Waals surface area contributed by atoms with Crippen LogP contribution in [0.2, 0.25) is 0 Å². The van der Waals surface area contributed by atoms with E-state index in [0.717, 1.165) is 25.0 Å². The Balaban J connectivity index is 1.34. The molecule has 142 valence electrons. The fourth-order valence-corrected chi connectivity index (χ4v) is 5.33. The van der Waals surface area contributed by atoms with Gasteiger partial charge in [0.25, 0.3) is 0 Å². The van der Waals surface area contributed by atoms with Crippen LogP contribution in [0.5, 0.6) is 0 Å². The minimum atomic E-state index is -0.481. The van der Waals surface area contributed by atoms with Crippen LogP contribution in [-0.2, 0) is 9.53 Å². The molecule has 1 aromatic rings. The Kier molecular flexibility index (Phi) is 6.36. The number of aromatic nitrogens is 1. The van der Waals surface area contributed by atoms with E-state index in [-0.39, 0.29) is 29.7 Å². The molecular weight excluding hydrogens is 376 g/mol. The Morgan fingerprint density at radius 3 is 3.04 bits per heavy atom. The SMILES string of the molecule is CCOC(=O)c1csc(NC(=O)CCCCC2SCC3NC(=O)NC32)n1. The largest absolute Gasteiger partial charge is 0.461 e. The molecule has 0 saturated carbocycles. The highest BCUT2D eigenvalue weighted by Crippen LogP contribution is 2.33.